The summed E-state index contributed by atoms with van der Waals surface area (Å²) in [6, 6.07) is 11.0. The minimum Gasteiger partial charge on any atom is -0.508 e. The Kier molecular flexibility index (Phi) is 3.39. The molecule has 0 unspecified atom stereocenters. The Morgan fingerprint density at radius 3 is 2.55 bits per heavy atom. The second-order valence-electron chi connectivity index (χ2n) is 4.80. The van der Waals surface area contributed by atoms with E-state index in [1.807, 2.05) is 41.1 Å². The first kappa shape index (κ1) is 12.7. The van der Waals surface area contributed by atoms with E-state index in [-0.39, 0.29) is 12.4 Å². The molecule has 0 aliphatic carbocycles. The van der Waals surface area contributed by atoms with E-state index in [9.17, 15) is 5.11 Å². The van der Waals surface area contributed by atoms with Crippen LogP contribution in [0.1, 0.15) is 12.0 Å². The molecule has 0 saturated heterocycles. The van der Waals surface area contributed by atoms with Gasteiger partial charge >= 0.3 is 0 Å². The number of aliphatic hydroxyl groups excluding tert-OH is 1. The number of hydrogen-bond donors (Lipinski definition) is 2. The van der Waals surface area contributed by atoms with Gasteiger partial charge in [-0.05, 0) is 48.7 Å². The summed E-state index contributed by atoms with van der Waals surface area (Å²) in [4.78, 5) is 4.57. The normalized spacial score (nSPS) is 11.1. The fourth-order valence-electron chi connectivity index (χ4n) is 2.24. The van der Waals surface area contributed by atoms with Gasteiger partial charge in [-0.3, -0.25) is 0 Å². The van der Waals surface area contributed by atoms with E-state index < -0.39 is 0 Å². The van der Waals surface area contributed by atoms with Crippen LogP contribution in [-0.2, 0) is 6.42 Å². The summed E-state index contributed by atoms with van der Waals surface area (Å²) in [5.74, 6) is 0.254. The lowest BCUT2D eigenvalue weighted by molar-refractivity contribution is 0.288. The molecule has 2 aromatic heterocycles. The topological polar surface area (TPSA) is 57.8 Å². The SMILES string of the molecule is OCCCc1ccc2nc(-c3ccc(O)cc3)cn2c1. The van der Waals surface area contributed by atoms with Crippen molar-refractivity contribution in [3.05, 3.63) is 54.4 Å². The van der Waals surface area contributed by atoms with Crippen LogP contribution in [0, 0.1) is 0 Å². The van der Waals surface area contributed by atoms with Crippen molar-refractivity contribution in [2.24, 2.45) is 0 Å². The first-order valence-corrected chi connectivity index (χ1v) is 6.64. The number of aliphatic hydroxyl groups is 1. The van der Waals surface area contributed by atoms with Gasteiger partial charge in [-0.1, -0.05) is 6.07 Å². The first-order chi connectivity index (χ1) is 9.76. The van der Waals surface area contributed by atoms with Crippen LogP contribution in [0.25, 0.3) is 16.9 Å². The van der Waals surface area contributed by atoms with E-state index in [0.29, 0.717) is 0 Å². The fourth-order valence-corrected chi connectivity index (χ4v) is 2.24. The molecule has 20 heavy (non-hydrogen) atoms. The summed E-state index contributed by atoms with van der Waals surface area (Å²) in [6.45, 7) is 0.209. The first-order valence-electron chi connectivity index (χ1n) is 6.64. The van der Waals surface area contributed by atoms with E-state index in [0.717, 1.165) is 29.7 Å². The Balaban J connectivity index is 1.95. The van der Waals surface area contributed by atoms with Gasteiger partial charge < -0.3 is 14.6 Å². The second kappa shape index (κ2) is 5.35. The zero-order valence-corrected chi connectivity index (χ0v) is 11.0. The van der Waals surface area contributed by atoms with Gasteiger partial charge in [-0.15, -0.1) is 0 Å². The van der Waals surface area contributed by atoms with Crippen LogP contribution >= 0.6 is 0 Å². The summed E-state index contributed by atoms with van der Waals surface area (Å²) in [5.41, 5.74) is 3.93. The molecule has 0 spiro atoms. The maximum absolute atomic E-state index is 9.32. The van der Waals surface area contributed by atoms with E-state index in [2.05, 4.69) is 4.98 Å². The van der Waals surface area contributed by atoms with E-state index in [1.54, 1.807) is 12.1 Å². The number of rotatable bonds is 4. The van der Waals surface area contributed by atoms with Crippen LogP contribution in [0.3, 0.4) is 0 Å². The van der Waals surface area contributed by atoms with Crippen molar-refractivity contribution >= 4 is 5.65 Å². The highest BCUT2D eigenvalue weighted by atomic mass is 16.3. The average molecular weight is 268 g/mol. The molecule has 0 amide bonds. The molecule has 0 fully saturated rings. The highest BCUT2D eigenvalue weighted by Gasteiger charge is 2.05. The van der Waals surface area contributed by atoms with Crippen LogP contribution in [0.5, 0.6) is 5.75 Å². The van der Waals surface area contributed by atoms with Gasteiger partial charge in [-0.25, -0.2) is 4.98 Å². The fraction of sp³-hybridized carbons (Fsp3) is 0.188. The van der Waals surface area contributed by atoms with Gasteiger partial charge in [0.25, 0.3) is 0 Å². The molecule has 0 radical (unpaired) electrons. The molecule has 3 aromatic rings. The number of imidazole rings is 1. The van der Waals surface area contributed by atoms with E-state index in [1.165, 1.54) is 5.56 Å². The molecular formula is C16H16N2O2. The molecule has 0 atom stereocenters. The number of phenolic OH excluding ortho intramolecular Hbond substituents is 1. The summed E-state index contributed by atoms with van der Waals surface area (Å²) < 4.78 is 1.99. The molecule has 1 aromatic carbocycles. The Morgan fingerprint density at radius 1 is 1.00 bits per heavy atom. The minimum atomic E-state index is 0.209. The molecule has 4 nitrogen and oxygen atoms in total. The van der Waals surface area contributed by atoms with Crippen molar-refractivity contribution in [3.63, 3.8) is 0 Å². The van der Waals surface area contributed by atoms with Gasteiger partial charge in [0.15, 0.2) is 0 Å². The maximum atomic E-state index is 9.32. The number of nitrogens with zero attached hydrogens (tertiary/aromatic N) is 2. The number of aromatic nitrogens is 2. The van der Waals surface area contributed by atoms with Gasteiger partial charge in [0.2, 0.25) is 0 Å². The van der Waals surface area contributed by atoms with Crippen LogP contribution in [-0.4, -0.2) is 26.2 Å². The van der Waals surface area contributed by atoms with Gasteiger partial charge in [0.1, 0.15) is 11.4 Å². The largest absolute Gasteiger partial charge is 0.508 e. The number of aryl methyl sites for hydroxylation is 1. The van der Waals surface area contributed by atoms with Crippen molar-refractivity contribution in [1.82, 2.24) is 9.38 Å². The van der Waals surface area contributed by atoms with Crippen LogP contribution in [0.2, 0.25) is 0 Å². The van der Waals surface area contributed by atoms with Crippen LogP contribution in [0.15, 0.2) is 48.8 Å². The predicted molar refractivity (Wildman–Crippen MR) is 77.7 cm³/mol. The summed E-state index contributed by atoms with van der Waals surface area (Å²) in [7, 11) is 0. The van der Waals surface area contributed by atoms with Crippen LogP contribution in [0.4, 0.5) is 0 Å². The molecule has 0 aliphatic rings. The smallest absolute Gasteiger partial charge is 0.137 e. The second-order valence-corrected chi connectivity index (χ2v) is 4.80. The van der Waals surface area contributed by atoms with E-state index >= 15 is 0 Å². The predicted octanol–water partition coefficient (Wildman–Crippen LogP) is 2.63. The zero-order chi connectivity index (χ0) is 13.9. The van der Waals surface area contributed by atoms with Crippen molar-refractivity contribution < 1.29 is 10.2 Å². The summed E-state index contributed by atoms with van der Waals surface area (Å²) in [6.07, 6.45) is 5.65. The Bertz CT molecular complexity index is 717. The maximum Gasteiger partial charge on any atom is 0.137 e. The van der Waals surface area contributed by atoms with Crippen molar-refractivity contribution in [1.29, 1.82) is 0 Å². The third-order valence-corrected chi connectivity index (χ3v) is 3.30. The number of pyridine rings is 1. The number of fused-ring (bicyclic) bond motifs is 1. The standard InChI is InChI=1S/C16H16N2O2/c19-9-1-2-12-3-8-16-17-15(11-18(16)10-12)13-4-6-14(20)7-5-13/h3-8,10-11,19-20H,1-2,9H2. The molecule has 0 bridgehead atoms. The number of aromatic hydroxyl groups is 1. The highest BCUT2D eigenvalue weighted by Crippen LogP contribution is 2.22. The Morgan fingerprint density at radius 2 is 1.80 bits per heavy atom. The van der Waals surface area contributed by atoms with Crippen molar-refractivity contribution in [2.45, 2.75) is 12.8 Å². The summed E-state index contributed by atoms with van der Waals surface area (Å²) in [5, 5.41) is 18.2. The third kappa shape index (κ3) is 2.51. The van der Waals surface area contributed by atoms with Gasteiger partial charge in [0, 0.05) is 24.6 Å². The Hall–Kier alpha value is -2.33. The minimum absolute atomic E-state index is 0.209. The lowest BCUT2D eigenvalue weighted by Crippen LogP contribution is -1.92. The highest BCUT2D eigenvalue weighted by molar-refractivity contribution is 5.63. The number of benzene rings is 1. The number of hydrogen-bond acceptors (Lipinski definition) is 3. The molecule has 0 aliphatic heterocycles. The monoisotopic (exact) mass is 268 g/mol. The summed E-state index contributed by atoms with van der Waals surface area (Å²) >= 11 is 0. The molecule has 2 N–H and O–H groups in total. The molecule has 4 heteroatoms. The van der Waals surface area contributed by atoms with E-state index in [4.69, 9.17) is 5.11 Å². The Labute approximate surface area is 117 Å². The van der Waals surface area contributed by atoms with Crippen molar-refractivity contribution in [2.75, 3.05) is 6.61 Å². The molecular weight excluding hydrogens is 252 g/mol. The average Bonchev–Trinajstić information content (AvgIpc) is 2.89. The molecule has 0 saturated carbocycles. The molecule has 2 heterocycles. The van der Waals surface area contributed by atoms with Gasteiger partial charge in [-0.2, -0.15) is 0 Å². The van der Waals surface area contributed by atoms with Crippen LogP contribution < -0.4 is 0 Å². The van der Waals surface area contributed by atoms with Gasteiger partial charge in [0.05, 0.1) is 5.69 Å². The third-order valence-electron chi connectivity index (χ3n) is 3.30. The quantitative estimate of drug-likeness (QED) is 0.764. The lowest BCUT2D eigenvalue weighted by Gasteiger charge is -2.00. The molecule has 3 rings (SSSR count). The zero-order valence-electron chi connectivity index (χ0n) is 11.0. The molecule has 102 valence electrons. The number of phenols is 1. The van der Waals surface area contributed by atoms with Crippen molar-refractivity contribution in [3.8, 4) is 17.0 Å². The lowest BCUT2D eigenvalue weighted by atomic mass is 10.1.